The summed E-state index contributed by atoms with van der Waals surface area (Å²) in [6.07, 6.45) is 0. The van der Waals surface area contributed by atoms with Gasteiger partial charge in [0.25, 0.3) is 0 Å². The van der Waals surface area contributed by atoms with E-state index in [1.807, 2.05) is 38.1 Å². The molecule has 6 heteroatoms. The van der Waals surface area contributed by atoms with Crippen molar-refractivity contribution in [3.63, 3.8) is 0 Å². The molecular formula is C14H19N3O2S. The Morgan fingerprint density at radius 2 is 2.20 bits per heavy atom. The van der Waals surface area contributed by atoms with E-state index in [-0.39, 0.29) is 23.6 Å². The third kappa shape index (κ3) is 2.90. The van der Waals surface area contributed by atoms with Gasteiger partial charge in [0.1, 0.15) is 0 Å². The summed E-state index contributed by atoms with van der Waals surface area (Å²) in [5.41, 5.74) is 6.69. The highest BCUT2D eigenvalue weighted by atomic mass is 32.2. The van der Waals surface area contributed by atoms with Crippen LogP contribution in [0.5, 0.6) is 0 Å². The number of hydrogen-bond acceptors (Lipinski definition) is 4. The van der Waals surface area contributed by atoms with E-state index in [1.165, 1.54) is 0 Å². The number of amidine groups is 1. The summed E-state index contributed by atoms with van der Waals surface area (Å²) in [4.78, 5) is 13.6. The number of fused-ring (bicyclic) bond motifs is 1. The van der Waals surface area contributed by atoms with Crippen molar-refractivity contribution in [3.05, 3.63) is 29.8 Å². The van der Waals surface area contributed by atoms with Crippen molar-refractivity contribution in [2.75, 3.05) is 5.75 Å². The molecule has 1 aliphatic rings. The van der Waals surface area contributed by atoms with E-state index < -0.39 is 6.04 Å². The normalized spacial score (nSPS) is 19.8. The van der Waals surface area contributed by atoms with Crippen LogP contribution in [0, 0.1) is 5.92 Å². The highest BCUT2D eigenvalue weighted by Gasteiger charge is 2.31. The lowest BCUT2D eigenvalue weighted by atomic mass is 9.98. The summed E-state index contributed by atoms with van der Waals surface area (Å²) < 4.78 is 0. The highest BCUT2D eigenvalue weighted by molar-refractivity contribution is 7.99. The molecule has 108 valence electrons. The number of thioether (sulfide) groups is 1. The Bertz CT molecular complexity index is 531. The van der Waals surface area contributed by atoms with Crippen LogP contribution in [0.15, 0.2) is 34.3 Å². The maximum atomic E-state index is 12.4. The molecule has 1 aromatic carbocycles. The Morgan fingerprint density at radius 3 is 2.85 bits per heavy atom. The number of rotatable bonds is 4. The van der Waals surface area contributed by atoms with Gasteiger partial charge in [-0.1, -0.05) is 37.2 Å². The van der Waals surface area contributed by atoms with Crippen LogP contribution in [0.3, 0.4) is 0 Å². The fraction of sp³-hybridized carbons (Fsp3) is 0.429. The zero-order valence-corrected chi connectivity index (χ0v) is 12.4. The molecule has 0 fully saturated rings. The number of nitrogens with zero attached hydrogens (tertiary/aromatic N) is 1. The zero-order chi connectivity index (χ0) is 14.7. The van der Waals surface area contributed by atoms with Crippen molar-refractivity contribution < 1.29 is 10.0 Å². The Labute approximate surface area is 122 Å². The van der Waals surface area contributed by atoms with Crippen LogP contribution in [0.25, 0.3) is 0 Å². The first-order chi connectivity index (χ1) is 9.54. The van der Waals surface area contributed by atoms with E-state index >= 15 is 0 Å². The smallest absolute Gasteiger partial charge is 0.229 e. The molecule has 0 saturated carbocycles. The molecule has 2 atom stereocenters. The summed E-state index contributed by atoms with van der Waals surface area (Å²) in [5.74, 6) is 0.565. The van der Waals surface area contributed by atoms with Gasteiger partial charge in [0.2, 0.25) is 5.91 Å². The van der Waals surface area contributed by atoms with Gasteiger partial charge in [-0.25, -0.2) is 0 Å². The highest BCUT2D eigenvalue weighted by Crippen LogP contribution is 2.39. The number of carbonyl (C=O) groups excluding carboxylic acids is 1. The van der Waals surface area contributed by atoms with Crippen molar-refractivity contribution in [1.82, 2.24) is 5.32 Å². The fourth-order valence-corrected chi connectivity index (χ4v) is 3.51. The molecule has 0 bridgehead atoms. The van der Waals surface area contributed by atoms with Crippen LogP contribution in [0.4, 0.5) is 0 Å². The van der Waals surface area contributed by atoms with Gasteiger partial charge in [-0.2, -0.15) is 0 Å². The van der Waals surface area contributed by atoms with E-state index in [2.05, 4.69) is 10.5 Å². The largest absolute Gasteiger partial charge is 0.409 e. The fourth-order valence-electron chi connectivity index (χ4n) is 2.28. The topological polar surface area (TPSA) is 87.7 Å². The summed E-state index contributed by atoms with van der Waals surface area (Å²) in [7, 11) is 0. The summed E-state index contributed by atoms with van der Waals surface area (Å²) in [6, 6.07) is 7.46. The molecule has 0 aromatic heterocycles. The van der Waals surface area contributed by atoms with Crippen LogP contribution in [-0.4, -0.2) is 28.7 Å². The zero-order valence-electron chi connectivity index (χ0n) is 11.5. The van der Waals surface area contributed by atoms with Crippen molar-refractivity contribution in [2.45, 2.75) is 30.7 Å². The molecule has 1 heterocycles. The van der Waals surface area contributed by atoms with Crippen molar-refractivity contribution in [1.29, 1.82) is 0 Å². The number of oxime groups is 1. The molecule has 1 aliphatic heterocycles. The van der Waals surface area contributed by atoms with Gasteiger partial charge < -0.3 is 16.3 Å². The monoisotopic (exact) mass is 293 g/mol. The van der Waals surface area contributed by atoms with Gasteiger partial charge in [-0.05, 0) is 17.5 Å². The van der Waals surface area contributed by atoms with Gasteiger partial charge in [-0.15, -0.1) is 11.8 Å². The Hall–Kier alpha value is -1.69. The van der Waals surface area contributed by atoms with Crippen LogP contribution in [0.2, 0.25) is 0 Å². The molecule has 0 radical (unpaired) electrons. The number of hydrogen-bond donors (Lipinski definition) is 3. The van der Waals surface area contributed by atoms with Crippen LogP contribution in [-0.2, 0) is 4.79 Å². The van der Waals surface area contributed by atoms with Crippen molar-refractivity contribution in [2.24, 2.45) is 16.8 Å². The number of amides is 1. The summed E-state index contributed by atoms with van der Waals surface area (Å²) in [6.45, 7) is 3.83. The first-order valence-electron chi connectivity index (χ1n) is 6.54. The molecule has 5 nitrogen and oxygen atoms in total. The second kappa shape index (κ2) is 6.17. The summed E-state index contributed by atoms with van der Waals surface area (Å²) in [5, 5.41) is 14.7. The number of benzene rings is 1. The van der Waals surface area contributed by atoms with Gasteiger partial charge in [0.05, 0.1) is 12.0 Å². The molecule has 0 saturated heterocycles. The summed E-state index contributed by atoms with van der Waals surface area (Å²) >= 11 is 1.68. The molecule has 1 aromatic rings. The lowest BCUT2D eigenvalue weighted by molar-refractivity contribution is -0.122. The predicted octanol–water partition coefficient (Wildman–Crippen LogP) is 1.76. The Balaban J connectivity index is 2.13. The van der Waals surface area contributed by atoms with Gasteiger partial charge in [0, 0.05) is 10.6 Å². The van der Waals surface area contributed by atoms with Gasteiger partial charge >= 0.3 is 0 Å². The van der Waals surface area contributed by atoms with Crippen LogP contribution >= 0.6 is 11.8 Å². The number of carbonyl (C=O) groups is 1. The van der Waals surface area contributed by atoms with E-state index in [9.17, 15) is 4.79 Å². The quantitative estimate of drug-likeness (QED) is 0.342. The van der Waals surface area contributed by atoms with E-state index in [4.69, 9.17) is 10.9 Å². The van der Waals surface area contributed by atoms with E-state index in [0.717, 1.165) is 16.2 Å². The minimum atomic E-state index is -0.453. The Kier molecular flexibility index (Phi) is 4.54. The minimum absolute atomic E-state index is 0.0345. The molecule has 0 aliphatic carbocycles. The lowest BCUT2D eigenvalue weighted by Gasteiger charge is -2.23. The first-order valence-corrected chi connectivity index (χ1v) is 7.52. The minimum Gasteiger partial charge on any atom is -0.409 e. The average molecular weight is 293 g/mol. The number of nitrogens with two attached hydrogens (primary N) is 1. The lowest BCUT2D eigenvalue weighted by Crippen LogP contribution is -2.49. The van der Waals surface area contributed by atoms with Gasteiger partial charge in [0.15, 0.2) is 5.84 Å². The molecule has 2 unspecified atom stereocenters. The van der Waals surface area contributed by atoms with E-state index in [0.29, 0.717) is 0 Å². The second-order valence-corrected chi connectivity index (χ2v) is 6.22. The first kappa shape index (κ1) is 14.7. The molecule has 4 N–H and O–H groups in total. The third-order valence-electron chi connectivity index (χ3n) is 3.41. The molecule has 0 spiro atoms. The molecule has 1 amide bonds. The van der Waals surface area contributed by atoms with Crippen LogP contribution in [0.1, 0.15) is 25.3 Å². The molecule has 2 rings (SSSR count). The maximum absolute atomic E-state index is 12.4. The maximum Gasteiger partial charge on any atom is 0.229 e. The second-order valence-electron chi connectivity index (χ2n) is 5.16. The van der Waals surface area contributed by atoms with Gasteiger partial charge in [-0.3, -0.25) is 4.79 Å². The Morgan fingerprint density at radius 1 is 1.50 bits per heavy atom. The van der Waals surface area contributed by atoms with Crippen molar-refractivity contribution >= 4 is 23.5 Å². The molecule has 20 heavy (non-hydrogen) atoms. The third-order valence-corrected chi connectivity index (χ3v) is 4.60. The average Bonchev–Trinajstić information content (AvgIpc) is 2.87. The predicted molar refractivity (Wildman–Crippen MR) is 80.1 cm³/mol. The SMILES string of the molecule is CC(C)C(NC(=O)C1CSc2ccccc21)C(N)=NO. The van der Waals surface area contributed by atoms with E-state index in [1.54, 1.807) is 11.8 Å². The molecular weight excluding hydrogens is 274 g/mol. The van der Waals surface area contributed by atoms with Crippen LogP contribution < -0.4 is 11.1 Å². The number of nitrogens with one attached hydrogen (secondary N) is 1. The van der Waals surface area contributed by atoms with Crippen molar-refractivity contribution in [3.8, 4) is 0 Å². The standard InChI is InChI=1S/C14H19N3O2S/c1-8(2)12(13(15)17-19)16-14(18)10-7-20-11-6-4-3-5-9(10)11/h3-6,8,10,12,19H,7H2,1-2H3,(H2,15,17)(H,16,18).